The molecule has 0 saturated carbocycles. The Balaban J connectivity index is 1.71. The summed E-state index contributed by atoms with van der Waals surface area (Å²) in [5.74, 6) is -0.488. The predicted octanol–water partition coefficient (Wildman–Crippen LogP) is 5.30. The van der Waals surface area contributed by atoms with E-state index in [2.05, 4.69) is 10.3 Å². The van der Waals surface area contributed by atoms with E-state index in [1.807, 2.05) is 0 Å². The number of alkyl halides is 3. The first-order valence-electron chi connectivity index (χ1n) is 9.66. The van der Waals surface area contributed by atoms with Gasteiger partial charge in [-0.3, -0.25) is 14.1 Å². The van der Waals surface area contributed by atoms with Crippen LogP contribution >= 0.6 is 23.2 Å². The molecule has 180 valence electrons. The number of sulfonamides is 1. The van der Waals surface area contributed by atoms with Crippen molar-refractivity contribution in [3.63, 3.8) is 0 Å². The largest absolute Gasteiger partial charge is 0.433 e. The van der Waals surface area contributed by atoms with Crippen LogP contribution in [0.4, 0.5) is 18.9 Å². The maximum absolute atomic E-state index is 12.6. The fourth-order valence-electron chi connectivity index (χ4n) is 2.96. The van der Waals surface area contributed by atoms with Crippen molar-refractivity contribution in [3.8, 4) is 0 Å². The number of pyridine rings is 1. The van der Waals surface area contributed by atoms with E-state index in [4.69, 9.17) is 23.2 Å². The van der Waals surface area contributed by atoms with Gasteiger partial charge in [-0.2, -0.15) is 13.2 Å². The summed E-state index contributed by atoms with van der Waals surface area (Å²) in [5, 5.41) is 3.32. The molecular formula is C22H18Cl2F3N3O3S. The second-order valence-corrected chi connectivity index (χ2v) is 10.0. The highest BCUT2D eigenvalue weighted by Crippen LogP contribution is 2.28. The topological polar surface area (TPSA) is 79.4 Å². The van der Waals surface area contributed by atoms with E-state index in [0.29, 0.717) is 26.9 Å². The van der Waals surface area contributed by atoms with E-state index in [-0.39, 0.29) is 18.7 Å². The summed E-state index contributed by atoms with van der Waals surface area (Å²) >= 11 is 12.1. The third-order valence-corrected chi connectivity index (χ3v) is 6.44. The van der Waals surface area contributed by atoms with Crippen molar-refractivity contribution in [1.82, 2.24) is 10.3 Å². The molecule has 1 aromatic heterocycles. The number of halogens is 5. The zero-order valence-corrected chi connectivity index (χ0v) is 19.9. The van der Waals surface area contributed by atoms with Crippen LogP contribution in [0.1, 0.15) is 27.2 Å². The molecule has 0 aliphatic heterocycles. The Bertz CT molecular complexity index is 1280. The highest BCUT2D eigenvalue weighted by atomic mass is 35.5. The average Bonchev–Trinajstić information content (AvgIpc) is 2.76. The number of carbonyl (C=O) groups is 1. The molecule has 1 heterocycles. The fourth-order valence-corrected chi connectivity index (χ4v) is 4.31. The van der Waals surface area contributed by atoms with E-state index in [0.717, 1.165) is 22.8 Å². The van der Waals surface area contributed by atoms with Crippen molar-refractivity contribution in [2.75, 3.05) is 10.6 Å². The molecular weight excluding hydrogens is 514 g/mol. The Morgan fingerprint density at radius 2 is 1.74 bits per heavy atom. The number of amides is 1. The first-order chi connectivity index (χ1) is 15.8. The van der Waals surface area contributed by atoms with Crippen LogP contribution in [-0.4, -0.2) is 25.6 Å². The Morgan fingerprint density at radius 3 is 2.26 bits per heavy atom. The van der Waals surface area contributed by atoms with E-state index in [1.54, 1.807) is 12.1 Å². The molecule has 3 aromatic rings. The van der Waals surface area contributed by atoms with Gasteiger partial charge < -0.3 is 5.32 Å². The molecule has 2 aromatic carbocycles. The summed E-state index contributed by atoms with van der Waals surface area (Å²) < 4.78 is 63.7. The minimum absolute atomic E-state index is 0.0315. The van der Waals surface area contributed by atoms with Crippen molar-refractivity contribution in [3.05, 3.63) is 93.2 Å². The Kier molecular flexibility index (Phi) is 7.74. The molecule has 0 aliphatic rings. The van der Waals surface area contributed by atoms with Crippen molar-refractivity contribution in [2.45, 2.75) is 19.3 Å². The van der Waals surface area contributed by atoms with Gasteiger partial charge in [0.2, 0.25) is 10.0 Å². The number of nitrogens with zero attached hydrogens (tertiary/aromatic N) is 2. The van der Waals surface area contributed by atoms with Crippen LogP contribution in [0.3, 0.4) is 0 Å². The first kappa shape index (κ1) is 25.8. The molecule has 0 radical (unpaired) electrons. The van der Waals surface area contributed by atoms with Gasteiger partial charge in [0.15, 0.2) is 0 Å². The Hall–Kier alpha value is -2.82. The zero-order valence-electron chi connectivity index (χ0n) is 17.6. The van der Waals surface area contributed by atoms with E-state index >= 15 is 0 Å². The maximum Gasteiger partial charge on any atom is 0.433 e. The predicted molar refractivity (Wildman–Crippen MR) is 124 cm³/mol. The van der Waals surface area contributed by atoms with Gasteiger partial charge in [0.25, 0.3) is 5.91 Å². The zero-order chi connectivity index (χ0) is 25.1. The Morgan fingerprint density at radius 1 is 1.06 bits per heavy atom. The number of hydrogen-bond donors (Lipinski definition) is 1. The summed E-state index contributed by atoms with van der Waals surface area (Å²) in [6, 6.07) is 12.6. The molecule has 0 atom stereocenters. The summed E-state index contributed by atoms with van der Waals surface area (Å²) in [6.45, 7) is -0.0719. The summed E-state index contributed by atoms with van der Waals surface area (Å²) in [4.78, 5) is 15.8. The third kappa shape index (κ3) is 6.62. The number of rotatable bonds is 7. The molecule has 12 heteroatoms. The van der Waals surface area contributed by atoms with Crippen LogP contribution < -0.4 is 9.62 Å². The number of benzene rings is 2. The van der Waals surface area contributed by atoms with Crippen molar-refractivity contribution < 1.29 is 26.4 Å². The molecule has 6 nitrogen and oxygen atoms in total. The van der Waals surface area contributed by atoms with Crippen molar-refractivity contribution in [2.24, 2.45) is 0 Å². The maximum atomic E-state index is 12.6. The van der Waals surface area contributed by atoms with Gasteiger partial charge in [-0.25, -0.2) is 8.42 Å². The number of nitrogens with one attached hydrogen (secondary N) is 1. The van der Waals surface area contributed by atoms with Gasteiger partial charge in [0.1, 0.15) is 5.69 Å². The number of aromatic nitrogens is 1. The SMILES string of the molecule is CS(=O)(=O)N(Cc1ccc(Cl)cc1Cl)c1ccc(C(=O)NCc2ccc(C(F)(F)F)nc2)cc1. The standard InChI is InChI=1S/C22H18Cl2F3N3O3S/c1-34(32,33)30(13-16-3-6-17(23)10-19(16)24)18-7-4-15(5-8-18)21(31)29-12-14-2-9-20(28-11-14)22(25,26)27/h2-11H,12-13H2,1H3,(H,29,31). The van der Waals surface area contributed by atoms with Gasteiger partial charge in [0.05, 0.1) is 18.5 Å². The second-order valence-electron chi connectivity index (χ2n) is 7.28. The minimum atomic E-state index is -4.54. The molecule has 1 N–H and O–H groups in total. The van der Waals surface area contributed by atoms with Gasteiger partial charge in [-0.05, 0) is 53.6 Å². The van der Waals surface area contributed by atoms with Crippen LogP contribution in [0.5, 0.6) is 0 Å². The number of anilines is 1. The molecule has 0 bridgehead atoms. The first-order valence-corrected chi connectivity index (χ1v) is 12.3. The van der Waals surface area contributed by atoms with Crippen LogP contribution in [0, 0.1) is 0 Å². The van der Waals surface area contributed by atoms with Gasteiger partial charge in [-0.15, -0.1) is 0 Å². The van der Waals surface area contributed by atoms with Crippen molar-refractivity contribution >= 4 is 44.8 Å². The van der Waals surface area contributed by atoms with Gasteiger partial charge in [-0.1, -0.05) is 35.3 Å². The normalized spacial score (nSPS) is 11.8. The van der Waals surface area contributed by atoms with Crippen LogP contribution in [0.25, 0.3) is 0 Å². The molecule has 34 heavy (non-hydrogen) atoms. The van der Waals surface area contributed by atoms with Gasteiger partial charge >= 0.3 is 6.18 Å². The third-order valence-electron chi connectivity index (χ3n) is 4.72. The average molecular weight is 532 g/mol. The highest BCUT2D eigenvalue weighted by molar-refractivity contribution is 7.92. The van der Waals surface area contributed by atoms with E-state index in [1.165, 1.54) is 36.4 Å². The van der Waals surface area contributed by atoms with Crippen LogP contribution in [0.2, 0.25) is 10.0 Å². The molecule has 1 amide bonds. The lowest BCUT2D eigenvalue weighted by atomic mass is 10.1. The monoisotopic (exact) mass is 531 g/mol. The molecule has 0 spiro atoms. The molecule has 3 rings (SSSR count). The lowest BCUT2D eigenvalue weighted by molar-refractivity contribution is -0.141. The highest BCUT2D eigenvalue weighted by Gasteiger charge is 2.32. The molecule has 0 fully saturated rings. The summed E-state index contributed by atoms with van der Waals surface area (Å²) in [6.07, 6.45) is -2.45. The number of carbonyl (C=O) groups excluding carboxylic acids is 1. The molecule has 0 aliphatic carbocycles. The summed E-state index contributed by atoms with van der Waals surface area (Å²) in [7, 11) is -3.68. The fraction of sp³-hybridized carbons (Fsp3) is 0.182. The summed E-state index contributed by atoms with van der Waals surface area (Å²) in [5.41, 5.74) is 0.469. The number of hydrogen-bond acceptors (Lipinski definition) is 4. The van der Waals surface area contributed by atoms with Crippen LogP contribution in [-0.2, 0) is 29.3 Å². The second kappa shape index (κ2) is 10.2. The van der Waals surface area contributed by atoms with Gasteiger partial charge in [0, 0.05) is 28.4 Å². The Labute approximate surface area is 204 Å². The van der Waals surface area contributed by atoms with Crippen LogP contribution in [0.15, 0.2) is 60.8 Å². The van der Waals surface area contributed by atoms with Crippen molar-refractivity contribution in [1.29, 1.82) is 0 Å². The smallest absolute Gasteiger partial charge is 0.348 e. The van der Waals surface area contributed by atoms with E-state index in [9.17, 15) is 26.4 Å². The van der Waals surface area contributed by atoms with E-state index < -0.39 is 27.8 Å². The molecule has 0 unspecified atom stereocenters. The molecule has 0 saturated heterocycles. The lowest BCUT2D eigenvalue weighted by Gasteiger charge is -2.23. The quantitative estimate of drug-likeness (QED) is 0.448. The lowest BCUT2D eigenvalue weighted by Crippen LogP contribution is -2.29. The minimum Gasteiger partial charge on any atom is -0.348 e.